The van der Waals surface area contributed by atoms with E-state index in [1.165, 1.54) is 6.26 Å². The van der Waals surface area contributed by atoms with E-state index in [0.29, 0.717) is 0 Å². The van der Waals surface area contributed by atoms with Crippen LogP contribution in [0, 0.1) is 0 Å². The van der Waals surface area contributed by atoms with Gasteiger partial charge in [0.25, 0.3) is 0 Å². The number of carbonyl (C=O) groups is 3. The SMILES string of the molecule is CS(=O)CCNC(=O)Nc1cc(C(=O)O)cc(C(=O)O)c1. The highest BCUT2D eigenvalue weighted by Crippen LogP contribution is 2.15. The Kier molecular flexibility index (Phi) is 5.85. The second kappa shape index (κ2) is 7.39. The first-order valence-electron chi connectivity index (χ1n) is 5.76. The number of amides is 2. The largest absolute Gasteiger partial charge is 0.478 e. The molecule has 0 radical (unpaired) electrons. The third-order valence-electron chi connectivity index (χ3n) is 2.36. The van der Waals surface area contributed by atoms with E-state index in [-0.39, 0.29) is 29.1 Å². The van der Waals surface area contributed by atoms with E-state index >= 15 is 0 Å². The van der Waals surface area contributed by atoms with E-state index in [4.69, 9.17) is 10.2 Å². The zero-order valence-corrected chi connectivity index (χ0v) is 11.9. The van der Waals surface area contributed by atoms with Gasteiger partial charge in [0.05, 0.1) is 11.1 Å². The van der Waals surface area contributed by atoms with Gasteiger partial charge < -0.3 is 20.8 Å². The zero-order valence-electron chi connectivity index (χ0n) is 11.1. The smallest absolute Gasteiger partial charge is 0.335 e. The minimum Gasteiger partial charge on any atom is -0.478 e. The molecule has 0 aliphatic heterocycles. The van der Waals surface area contributed by atoms with Gasteiger partial charge in [0, 0.05) is 35.0 Å². The second-order valence-corrected chi connectivity index (χ2v) is 5.62. The first-order valence-corrected chi connectivity index (χ1v) is 7.49. The predicted molar refractivity (Wildman–Crippen MR) is 76.3 cm³/mol. The van der Waals surface area contributed by atoms with Crippen molar-refractivity contribution in [1.29, 1.82) is 0 Å². The molecule has 0 saturated carbocycles. The molecule has 21 heavy (non-hydrogen) atoms. The van der Waals surface area contributed by atoms with Crippen LogP contribution in [0.25, 0.3) is 0 Å². The summed E-state index contributed by atoms with van der Waals surface area (Å²) in [6.45, 7) is 0.180. The minimum absolute atomic E-state index is 0.0439. The van der Waals surface area contributed by atoms with Gasteiger partial charge in [-0.25, -0.2) is 14.4 Å². The second-order valence-electron chi connectivity index (χ2n) is 4.07. The molecule has 0 spiro atoms. The van der Waals surface area contributed by atoms with Crippen LogP contribution in [0.1, 0.15) is 20.7 Å². The molecule has 1 rings (SSSR count). The Labute approximate surface area is 122 Å². The predicted octanol–water partition coefficient (Wildman–Crippen LogP) is 0.583. The topological polar surface area (TPSA) is 133 Å². The lowest BCUT2D eigenvalue weighted by Gasteiger charge is -2.09. The number of nitrogens with one attached hydrogen (secondary N) is 2. The number of carboxylic acids is 2. The molecule has 1 atom stereocenters. The minimum atomic E-state index is -1.30. The fourth-order valence-corrected chi connectivity index (χ4v) is 1.82. The molecule has 0 aliphatic rings. The third kappa shape index (κ3) is 5.61. The molecule has 0 aliphatic carbocycles. The van der Waals surface area contributed by atoms with Crippen molar-refractivity contribution >= 4 is 34.5 Å². The van der Waals surface area contributed by atoms with Crippen molar-refractivity contribution in [3.8, 4) is 0 Å². The lowest BCUT2D eigenvalue weighted by Crippen LogP contribution is -2.31. The summed E-state index contributed by atoms with van der Waals surface area (Å²) in [5.41, 5.74) is -0.456. The summed E-state index contributed by atoms with van der Waals surface area (Å²) in [5.74, 6) is -2.32. The van der Waals surface area contributed by atoms with Gasteiger partial charge in [0.2, 0.25) is 0 Å². The molecule has 0 saturated heterocycles. The van der Waals surface area contributed by atoms with Crippen LogP contribution in [-0.2, 0) is 10.8 Å². The third-order valence-corrected chi connectivity index (χ3v) is 3.14. The van der Waals surface area contributed by atoms with E-state index in [1.807, 2.05) is 0 Å². The molecule has 114 valence electrons. The van der Waals surface area contributed by atoms with Crippen LogP contribution < -0.4 is 10.6 Å². The maximum Gasteiger partial charge on any atom is 0.335 e. The number of aromatic carboxylic acids is 2. The monoisotopic (exact) mass is 314 g/mol. The zero-order chi connectivity index (χ0) is 16.0. The van der Waals surface area contributed by atoms with Crippen molar-refractivity contribution in [2.75, 3.05) is 23.9 Å². The van der Waals surface area contributed by atoms with Crippen molar-refractivity contribution in [3.05, 3.63) is 29.3 Å². The fourth-order valence-electron chi connectivity index (χ4n) is 1.43. The van der Waals surface area contributed by atoms with Crippen LogP contribution in [0.4, 0.5) is 10.5 Å². The van der Waals surface area contributed by atoms with Crippen LogP contribution in [0.5, 0.6) is 0 Å². The molecule has 1 unspecified atom stereocenters. The molecule has 0 bridgehead atoms. The molecule has 8 nitrogen and oxygen atoms in total. The van der Waals surface area contributed by atoms with E-state index in [9.17, 15) is 18.6 Å². The van der Waals surface area contributed by atoms with Crippen molar-refractivity contribution in [2.45, 2.75) is 0 Å². The number of rotatable bonds is 6. The number of carbonyl (C=O) groups excluding carboxylic acids is 1. The molecule has 1 aromatic carbocycles. The van der Waals surface area contributed by atoms with E-state index in [1.54, 1.807) is 0 Å². The summed E-state index contributed by atoms with van der Waals surface area (Å²) in [4.78, 5) is 33.4. The molecular formula is C12H14N2O6S. The average molecular weight is 314 g/mol. The highest BCUT2D eigenvalue weighted by molar-refractivity contribution is 7.84. The van der Waals surface area contributed by atoms with Crippen LogP contribution in [0.3, 0.4) is 0 Å². The lowest BCUT2D eigenvalue weighted by molar-refractivity contribution is 0.0696. The Bertz CT molecular complexity index is 569. The number of anilines is 1. The Hall–Kier alpha value is -2.42. The van der Waals surface area contributed by atoms with E-state index < -0.39 is 28.8 Å². The van der Waals surface area contributed by atoms with Crippen LogP contribution in [-0.4, -0.2) is 50.9 Å². The highest BCUT2D eigenvalue weighted by Gasteiger charge is 2.12. The van der Waals surface area contributed by atoms with Gasteiger partial charge in [-0.2, -0.15) is 0 Å². The van der Waals surface area contributed by atoms with Crippen molar-refractivity contribution in [3.63, 3.8) is 0 Å². The van der Waals surface area contributed by atoms with Gasteiger partial charge in [-0.05, 0) is 18.2 Å². The summed E-state index contributed by atoms with van der Waals surface area (Å²) in [7, 11) is -1.05. The van der Waals surface area contributed by atoms with Gasteiger partial charge in [0.15, 0.2) is 0 Å². The number of hydrogen-bond donors (Lipinski definition) is 4. The lowest BCUT2D eigenvalue weighted by atomic mass is 10.1. The summed E-state index contributed by atoms with van der Waals surface area (Å²) < 4.78 is 10.8. The van der Waals surface area contributed by atoms with Gasteiger partial charge in [0.1, 0.15) is 0 Å². The van der Waals surface area contributed by atoms with Gasteiger partial charge >= 0.3 is 18.0 Å². The normalized spacial score (nSPS) is 11.5. The number of carboxylic acid groups (broad SMARTS) is 2. The fraction of sp³-hybridized carbons (Fsp3) is 0.250. The standard InChI is InChI=1S/C12H14N2O6S/c1-21(20)3-2-13-12(19)14-9-5-7(10(15)16)4-8(6-9)11(17)18/h4-6H,2-3H2,1H3,(H,15,16)(H,17,18)(H2,13,14,19). The van der Waals surface area contributed by atoms with Crippen molar-refractivity contribution < 1.29 is 28.8 Å². The van der Waals surface area contributed by atoms with Gasteiger partial charge in [-0.1, -0.05) is 0 Å². The molecular weight excluding hydrogens is 300 g/mol. The highest BCUT2D eigenvalue weighted by atomic mass is 32.2. The summed E-state index contributed by atoms with van der Waals surface area (Å²) in [6, 6.07) is 2.64. The summed E-state index contributed by atoms with van der Waals surface area (Å²) in [6.07, 6.45) is 1.50. The Morgan fingerprint density at radius 3 is 2.05 bits per heavy atom. The Balaban J connectivity index is 2.82. The molecule has 0 heterocycles. The molecule has 0 fully saturated rings. The van der Waals surface area contributed by atoms with E-state index in [0.717, 1.165) is 18.2 Å². The molecule has 1 aromatic rings. The summed E-state index contributed by atoms with van der Waals surface area (Å²) >= 11 is 0. The Morgan fingerprint density at radius 2 is 1.62 bits per heavy atom. The van der Waals surface area contributed by atoms with E-state index in [2.05, 4.69) is 10.6 Å². The maximum atomic E-state index is 11.5. The molecule has 0 aromatic heterocycles. The number of hydrogen-bond acceptors (Lipinski definition) is 4. The summed E-state index contributed by atoms with van der Waals surface area (Å²) in [5, 5.41) is 22.5. The van der Waals surface area contributed by atoms with Gasteiger partial charge in [-0.3, -0.25) is 4.21 Å². The van der Waals surface area contributed by atoms with Gasteiger partial charge in [-0.15, -0.1) is 0 Å². The van der Waals surface area contributed by atoms with Crippen LogP contribution >= 0.6 is 0 Å². The first-order chi connectivity index (χ1) is 9.79. The average Bonchev–Trinajstić information content (AvgIpc) is 2.37. The first kappa shape index (κ1) is 16.6. The number of urea groups is 1. The molecule has 2 amide bonds. The molecule has 4 N–H and O–H groups in total. The van der Waals surface area contributed by atoms with Crippen LogP contribution in [0.2, 0.25) is 0 Å². The quantitative estimate of drug-likeness (QED) is 0.607. The maximum absolute atomic E-state index is 11.5. The van der Waals surface area contributed by atoms with Crippen molar-refractivity contribution in [1.82, 2.24) is 5.32 Å². The van der Waals surface area contributed by atoms with Crippen molar-refractivity contribution in [2.24, 2.45) is 0 Å². The molecule has 9 heteroatoms. The Morgan fingerprint density at radius 1 is 1.10 bits per heavy atom. The van der Waals surface area contributed by atoms with Crippen LogP contribution in [0.15, 0.2) is 18.2 Å². The number of benzene rings is 1.